The number of aliphatic carboxylic acids is 1. The van der Waals surface area contributed by atoms with E-state index < -0.39 is 18.0 Å². The van der Waals surface area contributed by atoms with Crippen LogP contribution < -0.4 is 9.47 Å². The number of aliphatic hydroxyl groups excluding tert-OH is 1. The topological polar surface area (TPSA) is 76.0 Å². The van der Waals surface area contributed by atoms with Crippen molar-refractivity contribution in [1.82, 2.24) is 0 Å². The van der Waals surface area contributed by atoms with E-state index in [0.717, 1.165) is 0 Å². The molecule has 0 fully saturated rings. The lowest BCUT2D eigenvalue weighted by Crippen LogP contribution is -2.21. The molecule has 0 saturated carbocycles. The van der Waals surface area contributed by atoms with Gasteiger partial charge in [-0.25, -0.2) is 0 Å². The molecule has 6 heteroatoms. The quantitative estimate of drug-likeness (QED) is 0.870. The molecule has 104 valence electrons. The number of carbonyl (C=O) groups is 1. The van der Waals surface area contributed by atoms with E-state index >= 15 is 0 Å². The van der Waals surface area contributed by atoms with E-state index in [2.05, 4.69) is 0 Å². The second-order valence-corrected chi connectivity index (χ2v) is 4.82. The summed E-state index contributed by atoms with van der Waals surface area (Å²) in [6, 6.07) is 3.09. The molecule has 0 aromatic heterocycles. The summed E-state index contributed by atoms with van der Waals surface area (Å²) in [5.74, 6) is -1.02. The van der Waals surface area contributed by atoms with E-state index in [0.29, 0.717) is 34.9 Å². The molecule has 1 aliphatic rings. The van der Waals surface area contributed by atoms with E-state index in [4.69, 9.17) is 26.2 Å². The smallest absolute Gasteiger partial charge is 0.309 e. The molecule has 0 amide bonds. The van der Waals surface area contributed by atoms with Gasteiger partial charge in [0.1, 0.15) is 0 Å². The summed E-state index contributed by atoms with van der Waals surface area (Å²) in [5, 5.41) is 19.7. The van der Waals surface area contributed by atoms with Crippen molar-refractivity contribution in [1.29, 1.82) is 0 Å². The fraction of sp³-hybridized carbons (Fsp3) is 0.462. The van der Waals surface area contributed by atoms with Crippen LogP contribution in [0.4, 0.5) is 0 Å². The van der Waals surface area contributed by atoms with Crippen molar-refractivity contribution in [3.8, 4) is 11.5 Å². The number of ether oxygens (including phenoxy) is 2. The highest BCUT2D eigenvalue weighted by Gasteiger charge is 2.29. The third-order valence-electron chi connectivity index (χ3n) is 3.09. The van der Waals surface area contributed by atoms with Gasteiger partial charge in [0, 0.05) is 0 Å². The van der Waals surface area contributed by atoms with Crippen LogP contribution in [0, 0.1) is 5.92 Å². The van der Waals surface area contributed by atoms with Crippen LogP contribution in [-0.2, 0) is 4.79 Å². The van der Waals surface area contributed by atoms with Gasteiger partial charge >= 0.3 is 5.97 Å². The van der Waals surface area contributed by atoms with Gasteiger partial charge in [0.25, 0.3) is 0 Å². The van der Waals surface area contributed by atoms with Crippen molar-refractivity contribution in [2.24, 2.45) is 5.92 Å². The molecule has 0 spiro atoms. The minimum absolute atomic E-state index is 0.0753. The average molecular weight is 287 g/mol. The fourth-order valence-electron chi connectivity index (χ4n) is 2.12. The Labute approximate surface area is 115 Å². The molecule has 2 atom stereocenters. The predicted molar refractivity (Wildman–Crippen MR) is 68.6 cm³/mol. The lowest BCUT2D eigenvalue weighted by molar-refractivity contribution is -0.146. The van der Waals surface area contributed by atoms with Crippen LogP contribution in [0.1, 0.15) is 31.4 Å². The highest BCUT2D eigenvalue weighted by atomic mass is 35.5. The van der Waals surface area contributed by atoms with Crippen molar-refractivity contribution in [2.75, 3.05) is 6.79 Å². The molecule has 0 bridgehead atoms. The lowest BCUT2D eigenvalue weighted by atomic mass is 9.92. The Kier molecular flexibility index (Phi) is 4.17. The van der Waals surface area contributed by atoms with E-state index in [-0.39, 0.29) is 6.79 Å². The molecule has 0 radical (unpaired) electrons. The summed E-state index contributed by atoms with van der Waals surface area (Å²) in [6.45, 7) is 1.95. The van der Waals surface area contributed by atoms with Crippen LogP contribution in [0.25, 0.3) is 0 Å². The Morgan fingerprint density at radius 1 is 1.47 bits per heavy atom. The monoisotopic (exact) mass is 286 g/mol. The number of halogens is 1. The summed E-state index contributed by atoms with van der Waals surface area (Å²) in [6.07, 6.45) is -0.0565. The minimum Gasteiger partial charge on any atom is -0.481 e. The first-order chi connectivity index (χ1) is 9.04. The third kappa shape index (κ3) is 2.77. The summed E-state index contributed by atoms with van der Waals surface area (Å²) in [7, 11) is 0. The van der Waals surface area contributed by atoms with E-state index in [1.54, 1.807) is 6.07 Å². The molecule has 5 nitrogen and oxygen atoms in total. The SMILES string of the molecule is CCCC(C(=O)O)C(O)c1cc(Cl)c2c(c1)OCO2. The molecule has 2 N–H and O–H groups in total. The van der Waals surface area contributed by atoms with Crippen molar-refractivity contribution in [3.05, 3.63) is 22.7 Å². The summed E-state index contributed by atoms with van der Waals surface area (Å²) < 4.78 is 10.4. The highest BCUT2D eigenvalue weighted by Crippen LogP contribution is 2.42. The van der Waals surface area contributed by atoms with E-state index in [1.165, 1.54) is 6.07 Å². The standard InChI is InChI=1S/C13H15ClO5/c1-2-3-8(13(16)17)11(15)7-4-9(14)12-10(5-7)18-6-19-12/h4-5,8,11,15H,2-3,6H2,1H3,(H,16,17). The molecule has 1 heterocycles. The Bertz CT molecular complexity index is 488. The highest BCUT2D eigenvalue weighted by molar-refractivity contribution is 6.32. The summed E-state index contributed by atoms with van der Waals surface area (Å²) >= 11 is 6.02. The first-order valence-corrected chi connectivity index (χ1v) is 6.42. The molecule has 2 rings (SSSR count). The Hall–Kier alpha value is -1.46. The number of fused-ring (bicyclic) bond motifs is 1. The van der Waals surface area contributed by atoms with Gasteiger partial charge in [-0.05, 0) is 24.1 Å². The first-order valence-electron chi connectivity index (χ1n) is 6.04. The van der Waals surface area contributed by atoms with Crippen LogP contribution in [-0.4, -0.2) is 23.0 Å². The summed E-state index contributed by atoms with van der Waals surface area (Å²) in [5.41, 5.74) is 0.426. The molecule has 2 unspecified atom stereocenters. The molecule has 19 heavy (non-hydrogen) atoms. The number of carboxylic acid groups (broad SMARTS) is 1. The van der Waals surface area contributed by atoms with Gasteiger partial charge in [-0.1, -0.05) is 24.9 Å². The fourth-order valence-corrected chi connectivity index (χ4v) is 2.39. The molecule has 1 aromatic carbocycles. The number of carboxylic acids is 1. The van der Waals surface area contributed by atoms with Gasteiger partial charge in [0.2, 0.25) is 6.79 Å². The van der Waals surface area contributed by atoms with E-state index in [1.807, 2.05) is 6.92 Å². The minimum atomic E-state index is -1.12. The predicted octanol–water partition coefficient (Wildman–Crippen LogP) is 2.60. The van der Waals surface area contributed by atoms with Crippen LogP contribution in [0.3, 0.4) is 0 Å². The molecule has 0 saturated heterocycles. The average Bonchev–Trinajstić information content (AvgIpc) is 2.83. The van der Waals surface area contributed by atoms with Crippen molar-refractivity contribution >= 4 is 17.6 Å². The zero-order valence-corrected chi connectivity index (χ0v) is 11.2. The maximum absolute atomic E-state index is 11.2. The van der Waals surface area contributed by atoms with Gasteiger partial charge in [-0.2, -0.15) is 0 Å². The van der Waals surface area contributed by atoms with Crippen molar-refractivity contribution in [2.45, 2.75) is 25.9 Å². The Balaban J connectivity index is 2.30. The molecular formula is C13H15ClO5. The van der Waals surface area contributed by atoms with Crippen LogP contribution >= 0.6 is 11.6 Å². The van der Waals surface area contributed by atoms with Crippen LogP contribution in [0.5, 0.6) is 11.5 Å². The second-order valence-electron chi connectivity index (χ2n) is 4.41. The van der Waals surface area contributed by atoms with Gasteiger partial charge < -0.3 is 19.7 Å². The van der Waals surface area contributed by atoms with Gasteiger partial charge in [0.15, 0.2) is 11.5 Å². The number of hydrogen-bond acceptors (Lipinski definition) is 4. The van der Waals surface area contributed by atoms with Crippen molar-refractivity contribution in [3.63, 3.8) is 0 Å². The van der Waals surface area contributed by atoms with Crippen molar-refractivity contribution < 1.29 is 24.5 Å². The third-order valence-corrected chi connectivity index (χ3v) is 3.37. The lowest BCUT2D eigenvalue weighted by Gasteiger charge is -2.19. The second kappa shape index (κ2) is 5.67. The van der Waals surface area contributed by atoms with Crippen LogP contribution in [0.2, 0.25) is 5.02 Å². The van der Waals surface area contributed by atoms with Gasteiger partial charge in [0.05, 0.1) is 17.0 Å². The normalized spacial score (nSPS) is 16.2. The first kappa shape index (κ1) is 14.0. The maximum atomic E-state index is 11.2. The Morgan fingerprint density at radius 2 is 2.21 bits per heavy atom. The molecule has 1 aliphatic heterocycles. The van der Waals surface area contributed by atoms with Gasteiger partial charge in [-0.15, -0.1) is 0 Å². The summed E-state index contributed by atoms with van der Waals surface area (Å²) in [4.78, 5) is 11.2. The number of rotatable bonds is 5. The Morgan fingerprint density at radius 3 is 2.84 bits per heavy atom. The maximum Gasteiger partial charge on any atom is 0.309 e. The molecule has 0 aliphatic carbocycles. The number of benzene rings is 1. The zero-order chi connectivity index (χ0) is 14.0. The largest absolute Gasteiger partial charge is 0.481 e. The van der Waals surface area contributed by atoms with Gasteiger partial charge in [-0.3, -0.25) is 4.79 Å². The zero-order valence-electron chi connectivity index (χ0n) is 10.4. The van der Waals surface area contributed by atoms with E-state index in [9.17, 15) is 9.90 Å². The molecular weight excluding hydrogens is 272 g/mol. The number of aliphatic hydroxyl groups is 1. The van der Waals surface area contributed by atoms with Crippen LogP contribution in [0.15, 0.2) is 12.1 Å². The number of hydrogen-bond donors (Lipinski definition) is 2. The molecule has 1 aromatic rings.